The van der Waals surface area contributed by atoms with Gasteiger partial charge in [-0.3, -0.25) is 4.79 Å². The molecule has 23 heavy (non-hydrogen) atoms. The van der Waals surface area contributed by atoms with Crippen molar-refractivity contribution in [3.63, 3.8) is 0 Å². The van der Waals surface area contributed by atoms with Gasteiger partial charge < -0.3 is 10.6 Å². The number of hydrogen-bond acceptors (Lipinski definition) is 3. The summed E-state index contributed by atoms with van der Waals surface area (Å²) in [4.78, 5) is 14.8. The van der Waals surface area contributed by atoms with E-state index < -0.39 is 0 Å². The molecule has 118 valence electrons. The summed E-state index contributed by atoms with van der Waals surface area (Å²) in [7, 11) is 0. The highest BCUT2D eigenvalue weighted by Gasteiger charge is 2.39. The Bertz CT molecular complexity index is 686. The minimum atomic E-state index is 0.0422. The second-order valence-electron chi connectivity index (χ2n) is 6.30. The minimum absolute atomic E-state index is 0.0422. The molecule has 2 N–H and O–H groups in total. The second-order valence-corrected chi connectivity index (χ2v) is 7.45. The summed E-state index contributed by atoms with van der Waals surface area (Å²) < 4.78 is 0. The number of hydrogen-bond donors (Lipinski definition) is 2. The third-order valence-electron chi connectivity index (χ3n) is 4.71. The smallest absolute Gasteiger partial charge is 0.251 e. The zero-order chi connectivity index (χ0) is 15.6. The van der Waals surface area contributed by atoms with E-state index in [4.69, 9.17) is 0 Å². The van der Waals surface area contributed by atoms with Crippen LogP contribution in [-0.2, 0) is 0 Å². The van der Waals surface area contributed by atoms with Gasteiger partial charge in [0.15, 0.2) is 0 Å². The number of fused-ring (bicyclic) bond motifs is 2. The van der Waals surface area contributed by atoms with Crippen LogP contribution in [0, 0.1) is 0 Å². The number of benzene rings is 2. The van der Waals surface area contributed by atoms with Crippen LogP contribution in [0.4, 0.5) is 0 Å². The molecule has 2 fully saturated rings. The fourth-order valence-electron chi connectivity index (χ4n) is 3.53. The van der Waals surface area contributed by atoms with E-state index in [0.29, 0.717) is 18.1 Å². The van der Waals surface area contributed by atoms with E-state index in [1.54, 1.807) is 11.8 Å². The van der Waals surface area contributed by atoms with Crippen molar-refractivity contribution < 1.29 is 4.79 Å². The van der Waals surface area contributed by atoms with Crippen molar-refractivity contribution in [2.24, 2.45) is 0 Å². The zero-order valence-corrected chi connectivity index (χ0v) is 13.7. The molecule has 2 aliphatic rings. The Kier molecular flexibility index (Phi) is 4.10. The maximum absolute atomic E-state index is 12.4. The highest BCUT2D eigenvalue weighted by molar-refractivity contribution is 7.99. The summed E-state index contributed by atoms with van der Waals surface area (Å²) in [5.41, 5.74) is 0.741. The van der Waals surface area contributed by atoms with Crippen LogP contribution in [0.5, 0.6) is 0 Å². The molecule has 2 bridgehead atoms. The summed E-state index contributed by atoms with van der Waals surface area (Å²) >= 11 is 1.71. The fourth-order valence-corrected chi connectivity index (χ4v) is 4.37. The monoisotopic (exact) mass is 324 g/mol. The molecule has 2 saturated heterocycles. The molecule has 0 aliphatic carbocycles. The van der Waals surface area contributed by atoms with Crippen LogP contribution in [0.25, 0.3) is 0 Å². The van der Waals surface area contributed by atoms with Gasteiger partial charge in [-0.2, -0.15) is 0 Å². The predicted molar refractivity (Wildman–Crippen MR) is 92.8 cm³/mol. The molecule has 0 unspecified atom stereocenters. The first-order valence-corrected chi connectivity index (χ1v) is 8.99. The van der Waals surface area contributed by atoms with Crippen LogP contribution in [-0.4, -0.2) is 24.0 Å². The van der Waals surface area contributed by atoms with Crippen LogP contribution >= 0.6 is 11.8 Å². The largest absolute Gasteiger partial charge is 0.348 e. The molecule has 0 spiro atoms. The highest BCUT2D eigenvalue weighted by Crippen LogP contribution is 2.29. The number of nitrogens with one attached hydrogen (secondary N) is 2. The summed E-state index contributed by atoms with van der Waals surface area (Å²) in [5, 5.41) is 6.74. The lowest BCUT2D eigenvalue weighted by Gasteiger charge is -2.21. The van der Waals surface area contributed by atoms with Crippen LogP contribution in [0.3, 0.4) is 0 Å². The maximum Gasteiger partial charge on any atom is 0.251 e. The average Bonchev–Trinajstić information content (AvgIpc) is 3.19. The van der Waals surface area contributed by atoms with Gasteiger partial charge in [0.05, 0.1) is 0 Å². The molecule has 2 aromatic rings. The van der Waals surface area contributed by atoms with Gasteiger partial charge in [0.1, 0.15) is 0 Å². The first-order chi connectivity index (χ1) is 11.3. The molecule has 3 atom stereocenters. The maximum atomic E-state index is 12.4. The van der Waals surface area contributed by atoms with Crippen molar-refractivity contribution in [3.8, 4) is 0 Å². The first-order valence-electron chi connectivity index (χ1n) is 8.18. The summed E-state index contributed by atoms with van der Waals surface area (Å²) in [6.45, 7) is 0. The topological polar surface area (TPSA) is 41.1 Å². The lowest BCUT2D eigenvalue weighted by Crippen LogP contribution is -2.42. The Balaban J connectivity index is 1.38. The third-order valence-corrected chi connectivity index (χ3v) is 5.73. The van der Waals surface area contributed by atoms with E-state index in [2.05, 4.69) is 22.8 Å². The van der Waals surface area contributed by atoms with Gasteiger partial charge in [-0.05, 0) is 55.7 Å². The number of carbonyl (C=O) groups is 1. The molecule has 2 aromatic carbocycles. The summed E-state index contributed by atoms with van der Waals surface area (Å²) in [6.07, 6.45) is 3.50. The van der Waals surface area contributed by atoms with Crippen molar-refractivity contribution in [2.75, 3.05) is 0 Å². The molecule has 2 heterocycles. The molecule has 0 aromatic heterocycles. The van der Waals surface area contributed by atoms with E-state index in [1.165, 1.54) is 17.7 Å². The van der Waals surface area contributed by atoms with E-state index in [9.17, 15) is 4.79 Å². The van der Waals surface area contributed by atoms with Gasteiger partial charge >= 0.3 is 0 Å². The molecule has 0 saturated carbocycles. The van der Waals surface area contributed by atoms with E-state index in [-0.39, 0.29) is 5.91 Å². The van der Waals surface area contributed by atoms with Crippen molar-refractivity contribution in [1.29, 1.82) is 0 Å². The average molecular weight is 324 g/mol. The quantitative estimate of drug-likeness (QED) is 0.905. The SMILES string of the molecule is O=C(N[C@@H]1C[C@H]2CC[C@@H]1N2)c1ccc(Sc2ccccc2)cc1. The second kappa shape index (κ2) is 6.38. The van der Waals surface area contributed by atoms with Crippen LogP contribution in [0.15, 0.2) is 64.4 Å². The minimum Gasteiger partial charge on any atom is -0.348 e. The van der Waals surface area contributed by atoms with Crippen LogP contribution < -0.4 is 10.6 Å². The highest BCUT2D eigenvalue weighted by atomic mass is 32.2. The molecule has 3 nitrogen and oxygen atoms in total. The van der Waals surface area contributed by atoms with Gasteiger partial charge in [0.25, 0.3) is 5.91 Å². The molecular formula is C19H20N2OS. The number of amides is 1. The molecule has 1 amide bonds. The standard InChI is InChI=1S/C19H20N2OS/c22-19(21-18-12-14-8-11-17(18)20-14)13-6-9-16(10-7-13)23-15-4-2-1-3-5-15/h1-7,9-10,14,17-18,20H,8,11-12H2,(H,21,22)/t14-,17+,18-/m1/s1. The molecule has 2 aliphatic heterocycles. The van der Waals surface area contributed by atoms with Crippen molar-refractivity contribution in [3.05, 3.63) is 60.2 Å². The lowest BCUT2D eigenvalue weighted by atomic mass is 9.95. The van der Waals surface area contributed by atoms with E-state index in [0.717, 1.165) is 16.9 Å². The number of rotatable bonds is 4. The molecular weight excluding hydrogens is 304 g/mol. The predicted octanol–water partition coefficient (Wildman–Crippen LogP) is 3.46. The van der Waals surface area contributed by atoms with Crippen molar-refractivity contribution in [1.82, 2.24) is 10.6 Å². The molecule has 4 heteroatoms. The summed E-state index contributed by atoms with van der Waals surface area (Å²) in [5.74, 6) is 0.0422. The Morgan fingerprint density at radius 2 is 1.74 bits per heavy atom. The Labute approximate surface area is 140 Å². The number of carbonyl (C=O) groups excluding carboxylic acids is 1. The zero-order valence-electron chi connectivity index (χ0n) is 12.9. The summed E-state index contributed by atoms with van der Waals surface area (Å²) in [6, 6.07) is 19.5. The molecule has 4 rings (SSSR count). The van der Waals surface area contributed by atoms with Gasteiger partial charge in [-0.1, -0.05) is 30.0 Å². The fraction of sp³-hybridized carbons (Fsp3) is 0.316. The van der Waals surface area contributed by atoms with Crippen LogP contribution in [0.1, 0.15) is 29.6 Å². The van der Waals surface area contributed by atoms with E-state index in [1.807, 2.05) is 42.5 Å². The molecule has 0 radical (unpaired) electrons. The Morgan fingerprint density at radius 1 is 1.00 bits per heavy atom. The van der Waals surface area contributed by atoms with Gasteiger partial charge in [0, 0.05) is 33.5 Å². The lowest BCUT2D eigenvalue weighted by molar-refractivity contribution is 0.0931. The van der Waals surface area contributed by atoms with Gasteiger partial charge in [0.2, 0.25) is 0 Å². The Hall–Kier alpha value is -1.78. The van der Waals surface area contributed by atoms with Gasteiger partial charge in [-0.15, -0.1) is 0 Å². The van der Waals surface area contributed by atoms with Crippen LogP contribution in [0.2, 0.25) is 0 Å². The Morgan fingerprint density at radius 3 is 2.39 bits per heavy atom. The normalized spacial score (nSPS) is 25.5. The third kappa shape index (κ3) is 3.28. The van der Waals surface area contributed by atoms with Gasteiger partial charge in [-0.25, -0.2) is 0 Å². The van der Waals surface area contributed by atoms with E-state index >= 15 is 0 Å². The first kappa shape index (κ1) is 14.8. The van der Waals surface area contributed by atoms with Crippen molar-refractivity contribution in [2.45, 2.75) is 47.2 Å². The van der Waals surface area contributed by atoms with Crippen molar-refractivity contribution >= 4 is 17.7 Å².